The zero-order valence-corrected chi connectivity index (χ0v) is 47.2. The predicted octanol–water partition coefficient (Wildman–Crippen LogP) is -5.46. The monoisotopic (exact) mass is 962 g/mol. The van der Waals surface area contributed by atoms with Crippen molar-refractivity contribution in [3.8, 4) is 55.6 Å². The molecule has 350 valence electrons. The smallest absolute Gasteiger partial charge is 0.143 e. The highest BCUT2D eigenvalue weighted by molar-refractivity contribution is 6.72. The van der Waals surface area contributed by atoms with Crippen molar-refractivity contribution in [2.75, 3.05) is 4.90 Å². The van der Waals surface area contributed by atoms with Gasteiger partial charge in [-0.05, 0) is 109 Å². The van der Waals surface area contributed by atoms with Crippen LogP contribution in [0.4, 0.5) is 17.1 Å². The SMILES string of the molecule is Bc1c(B)c(B)c(-c2c(B)c(B)c(-c3c(B)c(B)c(N(c4ccc(-c5cccc6c5C(C)(C)c5ccccc5-6)cc4)c4cccc(-c5cccc6oc7c8ccccc8ccc7c56)c4)c(B)c3B)c(B)c2B)c(B)c1B. The van der Waals surface area contributed by atoms with Gasteiger partial charge in [0, 0.05) is 38.6 Å². The highest BCUT2D eigenvalue weighted by Gasteiger charge is 2.37. The fourth-order valence-electron chi connectivity index (χ4n) is 13.8. The Morgan fingerprint density at radius 1 is 0.368 bits per heavy atom. The molecule has 1 aromatic heterocycles. The van der Waals surface area contributed by atoms with Crippen LogP contribution in [0.3, 0.4) is 0 Å². The van der Waals surface area contributed by atoms with Crippen molar-refractivity contribution in [3.05, 3.63) is 157 Å². The van der Waals surface area contributed by atoms with Crippen molar-refractivity contribution in [2.24, 2.45) is 0 Å². The van der Waals surface area contributed by atoms with Crippen LogP contribution >= 0.6 is 0 Å². The molecule has 0 spiro atoms. The van der Waals surface area contributed by atoms with Gasteiger partial charge < -0.3 is 9.32 Å². The maximum absolute atomic E-state index is 6.73. The summed E-state index contributed by atoms with van der Waals surface area (Å²) >= 11 is 0. The van der Waals surface area contributed by atoms with Crippen LogP contribution in [0.25, 0.3) is 88.3 Å². The third-order valence-electron chi connectivity index (χ3n) is 18.8. The molecule has 0 atom stereocenters. The predicted molar refractivity (Wildman–Crippen MR) is 372 cm³/mol. The second-order valence-corrected chi connectivity index (χ2v) is 22.7. The van der Waals surface area contributed by atoms with Gasteiger partial charge in [-0.3, -0.25) is 0 Å². The Bertz CT molecular complexity index is 4230. The van der Waals surface area contributed by atoms with Crippen LogP contribution in [0, 0.1) is 0 Å². The Kier molecular flexibility index (Phi) is 12.0. The quantitative estimate of drug-likeness (QED) is 0.149. The summed E-state index contributed by atoms with van der Waals surface area (Å²) in [5, 5.41) is 4.58. The van der Waals surface area contributed by atoms with Crippen molar-refractivity contribution in [2.45, 2.75) is 19.3 Å². The molecule has 1 aliphatic carbocycles. The number of fused-ring (bicyclic) bond motifs is 8. The zero-order valence-electron chi connectivity index (χ0n) is 47.2. The van der Waals surface area contributed by atoms with E-state index in [0.717, 1.165) is 49.8 Å². The molecule has 11 aromatic rings. The van der Waals surface area contributed by atoms with E-state index >= 15 is 0 Å². The fraction of sp³-hybridized carbons (Fsp3) is 0.0492. The van der Waals surface area contributed by atoms with E-state index in [-0.39, 0.29) is 5.41 Å². The molecule has 0 saturated heterocycles. The van der Waals surface area contributed by atoms with Crippen molar-refractivity contribution >= 4 is 223 Å². The summed E-state index contributed by atoms with van der Waals surface area (Å²) < 4.78 is 6.73. The van der Waals surface area contributed by atoms with Crippen molar-refractivity contribution in [1.82, 2.24) is 0 Å². The second kappa shape index (κ2) is 18.3. The molecule has 0 saturated carbocycles. The summed E-state index contributed by atoms with van der Waals surface area (Å²) in [5.41, 5.74) is 38.6. The van der Waals surface area contributed by atoms with Crippen molar-refractivity contribution in [3.63, 3.8) is 0 Å². The molecular formula is C61H56B13NO. The minimum atomic E-state index is -0.125. The van der Waals surface area contributed by atoms with Crippen LogP contribution in [0.5, 0.6) is 0 Å². The van der Waals surface area contributed by atoms with Gasteiger partial charge in [0.15, 0.2) is 0 Å². The van der Waals surface area contributed by atoms with Crippen LogP contribution in [0.1, 0.15) is 25.0 Å². The van der Waals surface area contributed by atoms with E-state index in [0.29, 0.717) is 0 Å². The molecule has 0 fully saturated rings. The summed E-state index contributed by atoms with van der Waals surface area (Å²) in [6.45, 7) is 4.76. The Morgan fingerprint density at radius 2 is 0.868 bits per heavy atom. The highest BCUT2D eigenvalue weighted by Crippen LogP contribution is 2.52. The fourth-order valence-corrected chi connectivity index (χ4v) is 13.8. The molecule has 10 aromatic carbocycles. The summed E-state index contributed by atoms with van der Waals surface area (Å²) in [6.07, 6.45) is 0. The lowest BCUT2D eigenvalue weighted by Gasteiger charge is -2.34. The van der Waals surface area contributed by atoms with Crippen LogP contribution in [-0.2, 0) is 5.41 Å². The number of rotatable bonds is 7. The first kappa shape index (κ1) is 49.8. The minimum absolute atomic E-state index is 0.125. The van der Waals surface area contributed by atoms with E-state index < -0.39 is 0 Å². The zero-order chi connectivity index (χ0) is 53.4. The van der Waals surface area contributed by atoms with E-state index in [4.69, 9.17) is 4.42 Å². The van der Waals surface area contributed by atoms with E-state index in [9.17, 15) is 0 Å². The standard InChI is InChI=1S/C61H56B13NO/c1-61(2)38-18-6-5-14-35(38)36-17-8-16-33(45(36)61)28-20-23-30(24-21-28)75(31-12-7-11-29(26-31)32-15-9-19-39-40(32)37-25-22-27-10-3-4-13-34(27)60(37)76-39)59-57(73)52(68)44(53(69)58(59)74)42-48(64)46(62)41(47(63)49(42)65)43-50(66)54(70)56(72)55(71)51(43)67/h3-26H,62-74H2,1-2H3. The van der Waals surface area contributed by atoms with Crippen LogP contribution < -0.4 is 75.9 Å². The van der Waals surface area contributed by atoms with E-state index in [2.05, 4.69) is 266 Å². The third kappa shape index (κ3) is 7.27. The Hall–Kier alpha value is -7.10. The van der Waals surface area contributed by atoms with Gasteiger partial charge in [0.1, 0.15) is 113 Å². The Morgan fingerprint density at radius 3 is 1.51 bits per heavy atom. The van der Waals surface area contributed by atoms with Crippen LogP contribution in [0.2, 0.25) is 0 Å². The van der Waals surface area contributed by atoms with Gasteiger partial charge in [0.25, 0.3) is 0 Å². The van der Waals surface area contributed by atoms with Crippen LogP contribution in [0.15, 0.2) is 150 Å². The largest absolute Gasteiger partial charge is 0.455 e. The minimum Gasteiger partial charge on any atom is -0.455 e. The molecule has 76 heavy (non-hydrogen) atoms. The van der Waals surface area contributed by atoms with Gasteiger partial charge in [-0.2, -0.15) is 0 Å². The van der Waals surface area contributed by atoms with E-state index in [1.165, 1.54) is 138 Å². The van der Waals surface area contributed by atoms with E-state index in [1.54, 1.807) is 0 Å². The first-order valence-electron chi connectivity index (χ1n) is 27.3. The average Bonchev–Trinajstić information content (AvgIpc) is 4.03. The second-order valence-electron chi connectivity index (χ2n) is 22.7. The molecule has 0 bridgehead atoms. The molecule has 12 rings (SSSR count). The number of anilines is 3. The van der Waals surface area contributed by atoms with Gasteiger partial charge in [0.2, 0.25) is 0 Å². The van der Waals surface area contributed by atoms with Gasteiger partial charge in [-0.15, -0.1) is 16.4 Å². The maximum Gasteiger partial charge on any atom is 0.143 e. The van der Waals surface area contributed by atoms with E-state index in [1.807, 2.05) is 0 Å². The van der Waals surface area contributed by atoms with Gasteiger partial charge in [-0.1, -0.05) is 178 Å². The molecule has 0 radical (unpaired) electrons. The lowest BCUT2D eigenvalue weighted by molar-refractivity contribution is 0.662. The topological polar surface area (TPSA) is 16.4 Å². The van der Waals surface area contributed by atoms with Crippen LogP contribution in [-0.4, -0.2) is 102 Å². The molecule has 1 aliphatic rings. The molecule has 2 nitrogen and oxygen atoms in total. The Balaban J connectivity index is 1.05. The molecule has 0 aliphatic heterocycles. The first-order chi connectivity index (χ1) is 36.4. The lowest BCUT2D eigenvalue weighted by Crippen LogP contribution is -2.57. The summed E-state index contributed by atoms with van der Waals surface area (Å²) in [5.74, 6) is 0. The van der Waals surface area contributed by atoms with Gasteiger partial charge in [0.05, 0.1) is 0 Å². The summed E-state index contributed by atoms with van der Waals surface area (Å²) in [7, 11) is 30.4. The molecular weight excluding hydrogens is 903 g/mol. The normalized spacial score (nSPS) is 12.6. The lowest BCUT2D eigenvalue weighted by atomic mass is 9.55. The van der Waals surface area contributed by atoms with Gasteiger partial charge in [-0.25, -0.2) is 0 Å². The number of benzene rings is 10. The van der Waals surface area contributed by atoms with Gasteiger partial charge >= 0.3 is 0 Å². The summed E-state index contributed by atoms with van der Waals surface area (Å²) in [4.78, 5) is 2.53. The molecule has 0 unspecified atom stereocenters. The number of furan rings is 1. The average molecular weight is 960 g/mol. The molecule has 0 amide bonds. The maximum atomic E-state index is 6.73. The highest BCUT2D eigenvalue weighted by atomic mass is 16.3. The van der Waals surface area contributed by atoms with Crippen molar-refractivity contribution < 1.29 is 4.42 Å². The number of nitrogens with zero attached hydrogens (tertiary/aromatic N) is 1. The summed E-state index contributed by atoms with van der Waals surface area (Å²) in [6, 6.07) is 53.8. The molecule has 1 heterocycles. The van der Waals surface area contributed by atoms with Crippen molar-refractivity contribution in [1.29, 1.82) is 0 Å². The number of hydrogen-bond donors (Lipinski definition) is 0. The molecule has 0 N–H and O–H groups in total. The molecule has 15 heteroatoms. The first-order valence-corrected chi connectivity index (χ1v) is 27.3. The Labute approximate surface area is 460 Å². The number of hydrogen-bond acceptors (Lipinski definition) is 2. The third-order valence-corrected chi connectivity index (χ3v) is 18.8.